The zero-order chi connectivity index (χ0) is 20.9. The lowest BCUT2D eigenvalue weighted by Crippen LogP contribution is -2.29. The van der Waals surface area contributed by atoms with E-state index in [4.69, 9.17) is 14.2 Å². The molecule has 0 bridgehead atoms. The Bertz CT molecular complexity index is 1030. The first-order valence-electron chi connectivity index (χ1n) is 8.61. The molecule has 2 atom stereocenters. The number of aliphatic imine (C=N–C) groups is 1. The fourth-order valence-electron chi connectivity index (χ4n) is 3.76. The maximum atomic E-state index is 14.7. The van der Waals surface area contributed by atoms with Crippen molar-refractivity contribution in [1.29, 1.82) is 0 Å². The number of fused-ring (bicyclic) bond motifs is 2. The van der Waals surface area contributed by atoms with Crippen LogP contribution in [0.4, 0.5) is 23.2 Å². The summed E-state index contributed by atoms with van der Waals surface area (Å²) < 4.78 is 70.1. The number of carbonyl (C=O) groups excluding carboxylic acids is 1. The van der Waals surface area contributed by atoms with E-state index in [0.29, 0.717) is 28.8 Å². The zero-order valence-corrected chi connectivity index (χ0v) is 15.3. The second-order valence-electron chi connectivity index (χ2n) is 6.67. The average molecular weight is 409 g/mol. The molecule has 2 aromatic rings. The van der Waals surface area contributed by atoms with Gasteiger partial charge in [-0.2, -0.15) is 13.2 Å². The van der Waals surface area contributed by atoms with Crippen LogP contribution in [0.3, 0.4) is 0 Å². The molecule has 0 aromatic heterocycles. The summed E-state index contributed by atoms with van der Waals surface area (Å²) in [5.74, 6) is -2.94. The van der Waals surface area contributed by atoms with E-state index in [1.807, 2.05) is 0 Å². The van der Waals surface area contributed by atoms with E-state index in [1.165, 1.54) is 20.3 Å². The van der Waals surface area contributed by atoms with E-state index >= 15 is 0 Å². The quantitative estimate of drug-likeness (QED) is 0.562. The van der Waals surface area contributed by atoms with E-state index in [2.05, 4.69) is 4.99 Å². The van der Waals surface area contributed by atoms with Crippen molar-refractivity contribution in [3.63, 3.8) is 0 Å². The van der Waals surface area contributed by atoms with Crippen molar-refractivity contribution in [3.05, 3.63) is 52.8 Å². The van der Waals surface area contributed by atoms with Gasteiger partial charge in [0, 0.05) is 12.0 Å². The largest absolute Gasteiger partial charge is 0.493 e. The Kier molecular flexibility index (Phi) is 4.48. The molecule has 0 aliphatic carbocycles. The van der Waals surface area contributed by atoms with Crippen LogP contribution in [0.1, 0.15) is 22.6 Å². The second-order valence-corrected chi connectivity index (χ2v) is 6.67. The summed E-state index contributed by atoms with van der Waals surface area (Å²) in [6, 6.07) is 5.20. The maximum absolute atomic E-state index is 14.7. The van der Waals surface area contributed by atoms with Crippen molar-refractivity contribution in [2.75, 3.05) is 20.8 Å². The fraction of sp³-hybridized carbons (Fsp3) is 0.300. The van der Waals surface area contributed by atoms with Gasteiger partial charge in [0.25, 0.3) is 0 Å². The van der Waals surface area contributed by atoms with Gasteiger partial charge in [-0.25, -0.2) is 4.39 Å². The molecule has 1 fully saturated rings. The van der Waals surface area contributed by atoms with Gasteiger partial charge in [0.15, 0.2) is 11.5 Å². The Morgan fingerprint density at radius 3 is 2.38 bits per heavy atom. The summed E-state index contributed by atoms with van der Waals surface area (Å²) in [4.78, 5) is 16.8. The number of alkyl halides is 3. The lowest BCUT2D eigenvalue weighted by Gasteiger charge is -2.29. The Balaban J connectivity index is 1.98. The van der Waals surface area contributed by atoms with Gasteiger partial charge in [0.1, 0.15) is 18.3 Å². The summed E-state index contributed by atoms with van der Waals surface area (Å²) >= 11 is 0. The molecule has 2 heterocycles. The van der Waals surface area contributed by atoms with E-state index < -0.39 is 35.4 Å². The Morgan fingerprint density at radius 1 is 1.03 bits per heavy atom. The number of rotatable bonds is 3. The minimum atomic E-state index is -4.66. The predicted molar refractivity (Wildman–Crippen MR) is 94.3 cm³/mol. The van der Waals surface area contributed by atoms with E-state index in [9.17, 15) is 22.4 Å². The first-order valence-corrected chi connectivity index (χ1v) is 8.61. The van der Waals surface area contributed by atoms with Crippen molar-refractivity contribution >= 4 is 17.4 Å². The Hall–Kier alpha value is -3.10. The molecule has 0 saturated carbocycles. The van der Waals surface area contributed by atoms with Crippen LogP contribution in [-0.2, 0) is 15.7 Å². The first kappa shape index (κ1) is 19.2. The Labute approximate surface area is 162 Å². The van der Waals surface area contributed by atoms with Crippen LogP contribution < -0.4 is 9.47 Å². The summed E-state index contributed by atoms with van der Waals surface area (Å²) in [6.07, 6.45) is -4.66. The standard InChI is InChI=1S/C20H15F4NO4/c1-27-15-6-11-13(7-16(15)28-2)25-14-8-29-19(26)18(14)17(11)10-5-9(20(22,23)24)3-4-12(10)21/h3-7,17-18H,8H2,1-2H3. The van der Waals surface area contributed by atoms with Gasteiger partial charge in [-0.15, -0.1) is 0 Å². The van der Waals surface area contributed by atoms with Gasteiger partial charge in [-0.3, -0.25) is 9.79 Å². The highest BCUT2D eigenvalue weighted by atomic mass is 19.4. The molecule has 5 nitrogen and oxygen atoms in total. The normalized spacial score (nSPS) is 20.5. The third kappa shape index (κ3) is 3.10. The second kappa shape index (κ2) is 6.75. The highest BCUT2D eigenvalue weighted by Gasteiger charge is 2.46. The van der Waals surface area contributed by atoms with Crippen LogP contribution in [0.25, 0.3) is 0 Å². The molecule has 0 spiro atoms. The first-order chi connectivity index (χ1) is 13.7. The molecule has 2 unspecified atom stereocenters. The highest BCUT2D eigenvalue weighted by molar-refractivity contribution is 6.11. The zero-order valence-electron chi connectivity index (χ0n) is 15.3. The molecular formula is C20H15F4NO4. The minimum Gasteiger partial charge on any atom is -0.493 e. The molecule has 152 valence electrons. The van der Waals surface area contributed by atoms with Gasteiger partial charge in [-0.1, -0.05) is 0 Å². The number of methoxy groups -OCH3 is 2. The number of cyclic esters (lactones) is 1. The SMILES string of the molecule is COc1cc2c(cc1OC)C(c1cc(C(F)(F)F)ccc1F)C1C(=O)OCC1=N2. The molecule has 4 rings (SSSR count). The predicted octanol–water partition coefficient (Wildman–Crippen LogP) is 4.25. The minimum absolute atomic E-state index is 0.103. The van der Waals surface area contributed by atoms with Crippen LogP contribution >= 0.6 is 0 Å². The van der Waals surface area contributed by atoms with Crippen molar-refractivity contribution in [3.8, 4) is 11.5 Å². The third-order valence-corrected chi connectivity index (χ3v) is 5.10. The molecular weight excluding hydrogens is 394 g/mol. The average Bonchev–Trinajstić information content (AvgIpc) is 3.05. The van der Waals surface area contributed by atoms with E-state index in [-0.39, 0.29) is 17.9 Å². The van der Waals surface area contributed by atoms with Crippen LogP contribution in [0.2, 0.25) is 0 Å². The Morgan fingerprint density at radius 2 is 1.72 bits per heavy atom. The smallest absolute Gasteiger partial charge is 0.416 e. The van der Waals surface area contributed by atoms with Gasteiger partial charge in [0.2, 0.25) is 0 Å². The summed E-state index contributed by atoms with van der Waals surface area (Å²) in [6.45, 7) is -0.103. The fourth-order valence-corrected chi connectivity index (χ4v) is 3.76. The van der Waals surface area contributed by atoms with Gasteiger partial charge in [-0.05, 0) is 35.4 Å². The summed E-state index contributed by atoms with van der Waals surface area (Å²) in [5.41, 5.74) is -0.227. The van der Waals surface area contributed by atoms with Crippen LogP contribution in [-0.4, -0.2) is 32.5 Å². The van der Waals surface area contributed by atoms with Gasteiger partial charge in [0.05, 0.1) is 31.2 Å². The number of halogens is 4. The van der Waals surface area contributed by atoms with Gasteiger partial charge < -0.3 is 14.2 Å². The van der Waals surface area contributed by atoms with Crippen LogP contribution in [0, 0.1) is 11.7 Å². The topological polar surface area (TPSA) is 57.1 Å². The molecule has 1 saturated heterocycles. The molecule has 2 aliphatic rings. The lowest BCUT2D eigenvalue weighted by molar-refractivity contribution is -0.141. The van der Waals surface area contributed by atoms with Crippen molar-refractivity contribution in [1.82, 2.24) is 0 Å². The maximum Gasteiger partial charge on any atom is 0.416 e. The number of carbonyl (C=O) groups is 1. The number of hydrogen-bond donors (Lipinski definition) is 0. The highest BCUT2D eigenvalue weighted by Crippen LogP contribution is 2.49. The number of nitrogens with zero attached hydrogens (tertiary/aromatic N) is 1. The summed E-state index contributed by atoms with van der Waals surface area (Å²) in [7, 11) is 2.82. The van der Waals surface area contributed by atoms with Crippen molar-refractivity contribution < 1.29 is 36.6 Å². The molecule has 29 heavy (non-hydrogen) atoms. The van der Waals surface area contributed by atoms with E-state index in [0.717, 1.165) is 12.1 Å². The lowest BCUT2D eigenvalue weighted by atomic mass is 9.76. The number of ether oxygens (including phenoxy) is 3. The monoisotopic (exact) mass is 409 g/mol. The molecule has 2 aliphatic heterocycles. The third-order valence-electron chi connectivity index (χ3n) is 5.10. The number of benzene rings is 2. The van der Waals surface area contributed by atoms with Crippen LogP contribution in [0.5, 0.6) is 11.5 Å². The van der Waals surface area contributed by atoms with Gasteiger partial charge >= 0.3 is 12.1 Å². The molecule has 0 amide bonds. The van der Waals surface area contributed by atoms with Crippen molar-refractivity contribution in [2.24, 2.45) is 10.9 Å². The van der Waals surface area contributed by atoms with Crippen molar-refractivity contribution in [2.45, 2.75) is 12.1 Å². The summed E-state index contributed by atoms with van der Waals surface area (Å²) in [5, 5.41) is 0. The molecule has 0 radical (unpaired) electrons. The number of hydrogen-bond acceptors (Lipinski definition) is 5. The van der Waals surface area contributed by atoms with E-state index in [1.54, 1.807) is 6.07 Å². The van der Waals surface area contributed by atoms with Crippen LogP contribution in [0.15, 0.2) is 35.3 Å². The molecule has 0 N–H and O–H groups in total. The molecule has 2 aromatic carbocycles. The molecule has 9 heteroatoms. The number of esters is 1.